The van der Waals surface area contributed by atoms with Crippen molar-refractivity contribution in [2.24, 2.45) is 5.92 Å². The molecule has 0 spiro atoms. The average Bonchev–Trinajstić information content (AvgIpc) is 2.37. The maximum absolute atomic E-state index is 5.54. The largest absolute Gasteiger partial charge is 0.494 e. The van der Waals surface area contributed by atoms with Gasteiger partial charge in [-0.25, -0.2) is 0 Å². The average molecular weight is 250 g/mol. The molecule has 0 aromatic heterocycles. The second kappa shape index (κ2) is 7.98. The van der Waals surface area contributed by atoms with Crippen LogP contribution >= 0.6 is 0 Å². The summed E-state index contributed by atoms with van der Waals surface area (Å²) in [5.41, 5.74) is 2.36. The summed E-state index contributed by atoms with van der Waals surface area (Å²) < 4.78 is 5.54. The van der Waals surface area contributed by atoms with Gasteiger partial charge in [0.25, 0.3) is 0 Å². The predicted octanol–water partition coefficient (Wildman–Crippen LogP) is 3.05. The number of aryl methyl sites for hydroxylation is 1. The van der Waals surface area contributed by atoms with Crippen molar-refractivity contribution in [2.75, 3.05) is 32.1 Å². The molecule has 102 valence electrons. The molecule has 18 heavy (non-hydrogen) atoms. The maximum atomic E-state index is 5.54. The van der Waals surface area contributed by atoms with E-state index in [4.69, 9.17) is 4.74 Å². The third-order valence-electron chi connectivity index (χ3n) is 3.14. The Hall–Kier alpha value is -1.22. The van der Waals surface area contributed by atoms with Crippen molar-refractivity contribution in [3.8, 4) is 5.75 Å². The number of ether oxygens (including phenoxy) is 1. The summed E-state index contributed by atoms with van der Waals surface area (Å²) in [5.74, 6) is 1.65. The van der Waals surface area contributed by atoms with Gasteiger partial charge in [0, 0.05) is 12.2 Å². The van der Waals surface area contributed by atoms with Gasteiger partial charge >= 0.3 is 0 Å². The Bertz CT molecular complexity index is 352. The highest BCUT2D eigenvalue weighted by Crippen LogP contribution is 2.22. The normalized spacial score (nSPS) is 12.2. The van der Waals surface area contributed by atoms with Crippen molar-refractivity contribution in [3.05, 3.63) is 23.8 Å². The zero-order chi connectivity index (χ0) is 13.4. The molecule has 0 aliphatic heterocycles. The SMILES string of the molecule is CCOc1ccc(NCC(CC)CNC)cc1C. The van der Waals surface area contributed by atoms with Crippen LogP contribution < -0.4 is 15.4 Å². The highest BCUT2D eigenvalue weighted by molar-refractivity contribution is 5.50. The first-order valence-electron chi connectivity index (χ1n) is 6.83. The lowest BCUT2D eigenvalue weighted by Crippen LogP contribution is -2.24. The second-order valence-electron chi connectivity index (χ2n) is 4.63. The quantitative estimate of drug-likeness (QED) is 0.744. The van der Waals surface area contributed by atoms with Crippen molar-refractivity contribution < 1.29 is 4.74 Å². The smallest absolute Gasteiger partial charge is 0.122 e. The number of benzene rings is 1. The van der Waals surface area contributed by atoms with Gasteiger partial charge in [0.05, 0.1) is 6.61 Å². The number of rotatable bonds is 8. The Labute approximate surface area is 111 Å². The molecule has 0 heterocycles. The molecule has 0 bridgehead atoms. The van der Waals surface area contributed by atoms with Crippen molar-refractivity contribution >= 4 is 5.69 Å². The Kier molecular flexibility index (Phi) is 6.58. The first kappa shape index (κ1) is 14.8. The van der Waals surface area contributed by atoms with Crippen LogP contribution in [-0.4, -0.2) is 26.7 Å². The minimum absolute atomic E-state index is 0.668. The van der Waals surface area contributed by atoms with E-state index in [1.54, 1.807) is 0 Å². The number of hydrogen-bond donors (Lipinski definition) is 2. The van der Waals surface area contributed by atoms with Crippen LogP contribution in [0.25, 0.3) is 0 Å². The Balaban J connectivity index is 2.54. The molecule has 0 aliphatic carbocycles. The van der Waals surface area contributed by atoms with Crippen LogP contribution in [-0.2, 0) is 0 Å². The fourth-order valence-electron chi connectivity index (χ4n) is 1.99. The van der Waals surface area contributed by atoms with Crippen LogP contribution in [0, 0.1) is 12.8 Å². The molecule has 1 rings (SSSR count). The summed E-state index contributed by atoms with van der Waals surface area (Å²) in [7, 11) is 2.00. The molecule has 1 aromatic carbocycles. The fourth-order valence-corrected chi connectivity index (χ4v) is 1.99. The lowest BCUT2D eigenvalue weighted by molar-refractivity contribution is 0.338. The summed E-state index contributed by atoms with van der Waals surface area (Å²) in [6.45, 7) is 9.10. The van der Waals surface area contributed by atoms with Gasteiger partial charge in [-0.3, -0.25) is 0 Å². The van der Waals surface area contributed by atoms with Crippen molar-refractivity contribution in [1.82, 2.24) is 5.32 Å². The summed E-state index contributed by atoms with van der Waals surface area (Å²) in [6.07, 6.45) is 1.18. The lowest BCUT2D eigenvalue weighted by atomic mass is 10.1. The minimum atomic E-state index is 0.668. The zero-order valence-electron chi connectivity index (χ0n) is 12.0. The second-order valence-corrected chi connectivity index (χ2v) is 4.63. The topological polar surface area (TPSA) is 33.3 Å². The monoisotopic (exact) mass is 250 g/mol. The van der Waals surface area contributed by atoms with Gasteiger partial charge < -0.3 is 15.4 Å². The van der Waals surface area contributed by atoms with Crippen molar-refractivity contribution in [1.29, 1.82) is 0 Å². The van der Waals surface area contributed by atoms with E-state index in [9.17, 15) is 0 Å². The van der Waals surface area contributed by atoms with E-state index in [1.807, 2.05) is 20.0 Å². The molecule has 1 atom stereocenters. The van der Waals surface area contributed by atoms with Gasteiger partial charge in [0.15, 0.2) is 0 Å². The molecule has 1 aromatic rings. The van der Waals surface area contributed by atoms with Gasteiger partial charge in [0.1, 0.15) is 5.75 Å². The van der Waals surface area contributed by atoms with Crippen molar-refractivity contribution in [2.45, 2.75) is 27.2 Å². The van der Waals surface area contributed by atoms with Crippen LogP contribution in [0.4, 0.5) is 5.69 Å². The van der Waals surface area contributed by atoms with Crippen LogP contribution in [0.1, 0.15) is 25.8 Å². The van der Waals surface area contributed by atoms with Gasteiger partial charge in [-0.05, 0) is 57.1 Å². The Morgan fingerprint density at radius 3 is 2.56 bits per heavy atom. The van der Waals surface area contributed by atoms with Gasteiger partial charge in [-0.15, -0.1) is 0 Å². The minimum Gasteiger partial charge on any atom is -0.494 e. The first-order valence-corrected chi connectivity index (χ1v) is 6.83. The van der Waals surface area contributed by atoms with E-state index in [-0.39, 0.29) is 0 Å². The Morgan fingerprint density at radius 1 is 1.22 bits per heavy atom. The maximum Gasteiger partial charge on any atom is 0.122 e. The molecule has 2 N–H and O–H groups in total. The summed E-state index contributed by atoms with van der Waals surface area (Å²) in [4.78, 5) is 0. The zero-order valence-corrected chi connectivity index (χ0v) is 12.0. The highest BCUT2D eigenvalue weighted by Gasteiger charge is 2.05. The van der Waals surface area contributed by atoms with Crippen LogP contribution in [0.2, 0.25) is 0 Å². The van der Waals surface area contributed by atoms with Crippen LogP contribution in [0.15, 0.2) is 18.2 Å². The van der Waals surface area contributed by atoms with Crippen molar-refractivity contribution in [3.63, 3.8) is 0 Å². The first-order chi connectivity index (χ1) is 8.71. The van der Waals surface area contributed by atoms with Gasteiger partial charge in [-0.1, -0.05) is 13.3 Å². The third kappa shape index (κ3) is 4.57. The number of anilines is 1. The van der Waals surface area contributed by atoms with E-state index in [1.165, 1.54) is 17.7 Å². The standard InChI is InChI=1S/C15H26N2O/c1-5-13(10-16-4)11-17-14-7-8-15(18-6-2)12(3)9-14/h7-9,13,16-17H,5-6,10-11H2,1-4H3. The molecular weight excluding hydrogens is 224 g/mol. The molecule has 0 fully saturated rings. The lowest BCUT2D eigenvalue weighted by Gasteiger charge is -2.17. The molecule has 1 unspecified atom stereocenters. The summed E-state index contributed by atoms with van der Waals surface area (Å²) in [5, 5.41) is 6.73. The molecular formula is C15H26N2O. The molecule has 0 aliphatic rings. The summed E-state index contributed by atoms with van der Waals surface area (Å²) >= 11 is 0. The van der Waals surface area contributed by atoms with E-state index >= 15 is 0 Å². The number of nitrogens with one attached hydrogen (secondary N) is 2. The number of hydrogen-bond acceptors (Lipinski definition) is 3. The molecule has 0 radical (unpaired) electrons. The fraction of sp³-hybridized carbons (Fsp3) is 0.600. The molecule has 0 saturated carbocycles. The molecule has 0 amide bonds. The third-order valence-corrected chi connectivity index (χ3v) is 3.14. The molecule has 0 saturated heterocycles. The van der Waals surface area contributed by atoms with Gasteiger partial charge in [-0.2, -0.15) is 0 Å². The van der Waals surface area contributed by atoms with Crippen LogP contribution in [0.5, 0.6) is 5.75 Å². The summed E-state index contributed by atoms with van der Waals surface area (Å²) in [6, 6.07) is 6.28. The van der Waals surface area contributed by atoms with Gasteiger partial charge in [0.2, 0.25) is 0 Å². The highest BCUT2D eigenvalue weighted by atomic mass is 16.5. The van der Waals surface area contributed by atoms with E-state index in [0.29, 0.717) is 12.5 Å². The van der Waals surface area contributed by atoms with E-state index in [0.717, 1.165) is 18.8 Å². The van der Waals surface area contributed by atoms with Crippen LogP contribution in [0.3, 0.4) is 0 Å². The van der Waals surface area contributed by atoms with E-state index < -0.39 is 0 Å². The molecule has 3 heteroatoms. The Morgan fingerprint density at radius 2 is 2.00 bits per heavy atom. The molecule has 3 nitrogen and oxygen atoms in total. The van der Waals surface area contributed by atoms with E-state index in [2.05, 4.69) is 36.6 Å². The predicted molar refractivity (Wildman–Crippen MR) is 78.5 cm³/mol.